The number of carbonyl (C=O) groups excluding carboxylic acids is 1. The Morgan fingerprint density at radius 2 is 1.85 bits per heavy atom. The molecule has 4 N–H and O–H groups in total. The van der Waals surface area contributed by atoms with Crippen LogP contribution in [0.4, 0.5) is 10.1 Å². The van der Waals surface area contributed by atoms with Gasteiger partial charge >= 0.3 is 0 Å². The Morgan fingerprint density at radius 1 is 1.20 bits per heavy atom. The summed E-state index contributed by atoms with van der Waals surface area (Å²) in [7, 11) is 0. The summed E-state index contributed by atoms with van der Waals surface area (Å²) in [6, 6.07) is 9.80. The van der Waals surface area contributed by atoms with Crippen LogP contribution in [0, 0.1) is 5.82 Å². The number of amides is 1. The summed E-state index contributed by atoms with van der Waals surface area (Å²) in [5, 5.41) is 12.1. The number of nitrogens with one attached hydrogen (secondary N) is 1. The largest absolute Gasteiger partial charge is 0.507 e. The van der Waals surface area contributed by atoms with Crippen molar-refractivity contribution in [3.8, 4) is 5.75 Å². The van der Waals surface area contributed by atoms with E-state index in [1.54, 1.807) is 24.3 Å². The summed E-state index contributed by atoms with van der Waals surface area (Å²) in [5.41, 5.74) is 6.65. The third-order valence-electron chi connectivity index (χ3n) is 2.63. The van der Waals surface area contributed by atoms with Crippen molar-refractivity contribution in [2.24, 2.45) is 5.73 Å². The lowest BCUT2D eigenvalue weighted by atomic mass is 10.1. The molecule has 1 amide bonds. The zero-order valence-electron chi connectivity index (χ0n) is 10.3. The van der Waals surface area contributed by atoms with E-state index in [2.05, 4.69) is 5.32 Å². The first-order valence-electron chi connectivity index (χ1n) is 5.67. The van der Waals surface area contributed by atoms with E-state index in [4.69, 9.17) is 18.0 Å². The van der Waals surface area contributed by atoms with Crippen LogP contribution in [-0.2, 0) is 0 Å². The van der Waals surface area contributed by atoms with Crippen LogP contribution in [0.15, 0.2) is 42.5 Å². The lowest BCUT2D eigenvalue weighted by Gasteiger charge is -2.07. The number of hydrogen-bond donors (Lipinski definition) is 3. The molecule has 0 bridgehead atoms. The number of aromatic hydroxyl groups is 1. The molecule has 0 aromatic heterocycles. The van der Waals surface area contributed by atoms with Crippen molar-refractivity contribution in [1.29, 1.82) is 0 Å². The van der Waals surface area contributed by atoms with Crippen molar-refractivity contribution in [3.05, 3.63) is 59.4 Å². The molecule has 2 aromatic rings. The van der Waals surface area contributed by atoms with Gasteiger partial charge in [0.25, 0.3) is 5.91 Å². The number of carbonyl (C=O) groups is 1. The highest BCUT2D eigenvalue weighted by atomic mass is 32.1. The fourth-order valence-electron chi connectivity index (χ4n) is 1.61. The molecule has 0 atom stereocenters. The molecule has 0 fully saturated rings. The maximum atomic E-state index is 12.8. The molecule has 0 spiro atoms. The predicted octanol–water partition coefficient (Wildman–Crippen LogP) is 2.42. The first-order chi connectivity index (χ1) is 9.47. The highest BCUT2D eigenvalue weighted by molar-refractivity contribution is 7.80. The molecular weight excluding hydrogens is 279 g/mol. The van der Waals surface area contributed by atoms with E-state index >= 15 is 0 Å². The maximum absolute atomic E-state index is 12.8. The van der Waals surface area contributed by atoms with E-state index in [0.29, 0.717) is 11.3 Å². The molecule has 0 radical (unpaired) electrons. The summed E-state index contributed by atoms with van der Waals surface area (Å²) in [5.74, 6) is -1.56. The summed E-state index contributed by atoms with van der Waals surface area (Å²) in [4.78, 5) is 12.2. The van der Waals surface area contributed by atoms with E-state index in [1.807, 2.05) is 0 Å². The fourth-order valence-corrected chi connectivity index (χ4v) is 1.75. The molecule has 20 heavy (non-hydrogen) atoms. The standard InChI is InChI=1S/C14H11FN2O2S/c15-9-3-6-11(12(18)7-9)14(19)17-10-4-1-8(2-5-10)13(16)20/h1-7,18H,(H2,16,20)(H,17,19). The molecule has 0 heterocycles. The van der Waals surface area contributed by atoms with Crippen LogP contribution in [0.1, 0.15) is 15.9 Å². The Bertz CT molecular complexity index is 671. The van der Waals surface area contributed by atoms with Crippen molar-refractivity contribution in [1.82, 2.24) is 0 Å². The third kappa shape index (κ3) is 3.10. The van der Waals surface area contributed by atoms with Gasteiger partial charge in [0.05, 0.1) is 5.56 Å². The highest BCUT2D eigenvalue weighted by Crippen LogP contribution is 2.20. The van der Waals surface area contributed by atoms with Gasteiger partial charge in [0.1, 0.15) is 16.6 Å². The second kappa shape index (κ2) is 5.66. The van der Waals surface area contributed by atoms with Gasteiger partial charge in [-0.1, -0.05) is 12.2 Å². The number of benzene rings is 2. The smallest absolute Gasteiger partial charge is 0.259 e. The molecule has 0 aliphatic carbocycles. The van der Waals surface area contributed by atoms with Crippen molar-refractivity contribution in [3.63, 3.8) is 0 Å². The molecule has 2 rings (SSSR count). The number of phenolic OH excluding ortho intramolecular Hbond substituents is 1. The summed E-state index contributed by atoms with van der Waals surface area (Å²) in [6.07, 6.45) is 0. The molecule has 0 unspecified atom stereocenters. The van der Waals surface area contributed by atoms with Crippen LogP contribution in [-0.4, -0.2) is 16.0 Å². The number of halogens is 1. The minimum absolute atomic E-state index is 0.00942. The van der Waals surface area contributed by atoms with E-state index < -0.39 is 17.5 Å². The number of phenols is 1. The van der Waals surface area contributed by atoms with Crippen LogP contribution in [0.2, 0.25) is 0 Å². The predicted molar refractivity (Wildman–Crippen MR) is 78.3 cm³/mol. The fraction of sp³-hybridized carbons (Fsp3) is 0. The summed E-state index contributed by atoms with van der Waals surface area (Å²) in [6.45, 7) is 0. The van der Waals surface area contributed by atoms with Gasteiger partial charge in [0, 0.05) is 17.3 Å². The van der Waals surface area contributed by atoms with Crippen molar-refractivity contribution in [2.75, 3.05) is 5.32 Å². The minimum Gasteiger partial charge on any atom is -0.507 e. The average molecular weight is 290 g/mol. The quantitative estimate of drug-likeness (QED) is 0.759. The van der Waals surface area contributed by atoms with Gasteiger partial charge < -0.3 is 16.2 Å². The molecular formula is C14H11FN2O2S. The van der Waals surface area contributed by atoms with Gasteiger partial charge in [-0.3, -0.25) is 4.79 Å². The number of hydrogen-bond acceptors (Lipinski definition) is 3. The zero-order chi connectivity index (χ0) is 14.7. The summed E-state index contributed by atoms with van der Waals surface area (Å²) < 4.78 is 12.8. The van der Waals surface area contributed by atoms with Gasteiger partial charge in [0.2, 0.25) is 0 Å². The topological polar surface area (TPSA) is 75.3 Å². The second-order valence-corrected chi connectivity index (χ2v) is 4.50. The van der Waals surface area contributed by atoms with Crippen LogP contribution in [0.5, 0.6) is 5.75 Å². The molecule has 0 saturated carbocycles. The van der Waals surface area contributed by atoms with Crippen LogP contribution in [0.3, 0.4) is 0 Å². The highest BCUT2D eigenvalue weighted by Gasteiger charge is 2.12. The molecule has 0 saturated heterocycles. The molecule has 0 aliphatic rings. The minimum atomic E-state index is -0.611. The van der Waals surface area contributed by atoms with Gasteiger partial charge in [-0.25, -0.2) is 4.39 Å². The molecule has 2 aromatic carbocycles. The molecule has 0 aliphatic heterocycles. The van der Waals surface area contributed by atoms with Crippen molar-refractivity contribution in [2.45, 2.75) is 0 Å². The monoisotopic (exact) mass is 290 g/mol. The van der Waals surface area contributed by atoms with Crippen molar-refractivity contribution >= 4 is 28.8 Å². The Balaban J connectivity index is 2.17. The second-order valence-electron chi connectivity index (χ2n) is 4.06. The Morgan fingerprint density at radius 3 is 2.40 bits per heavy atom. The number of thiocarbonyl (C=S) groups is 1. The first kappa shape index (κ1) is 14.0. The van der Waals surface area contributed by atoms with Crippen LogP contribution < -0.4 is 11.1 Å². The average Bonchev–Trinajstić information content (AvgIpc) is 2.39. The normalized spacial score (nSPS) is 10.1. The van der Waals surface area contributed by atoms with Crippen molar-refractivity contribution < 1.29 is 14.3 Å². The molecule has 102 valence electrons. The first-order valence-corrected chi connectivity index (χ1v) is 6.08. The van der Waals surface area contributed by atoms with Gasteiger partial charge in [-0.05, 0) is 36.4 Å². The number of rotatable bonds is 3. The Kier molecular flexibility index (Phi) is 3.95. The number of nitrogens with two attached hydrogens (primary N) is 1. The maximum Gasteiger partial charge on any atom is 0.259 e. The van der Waals surface area contributed by atoms with Crippen LogP contribution >= 0.6 is 12.2 Å². The SMILES string of the molecule is NC(=S)c1ccc(NC(=O)c2ccc(F)cc2O)cc1. The Hall–Kier alpha value is -2.47. The van der Waals surface area contributed by atoms with Gasteiger partial charge in [0.15, 0.2) is 0 Å². The number of anilines is 1. The Labute approximate surface area is 120 Å². The third-order valence-corrected chi connectivity index (χ3v) is 2.87. The van der Waals surface area contributed by atoms with E-state index in [0.717, 1.165) is 12.1 Å². The van der Waals surface area contributed by atoms with E-state index in [1.165, 1.54) is 6.07 Å². The van der Waals surface area contributed by atoms with E-state index in [9.17, 15) is 14.3 Å². The molecule has 4 nitrogen and oxygen atoms in total. The zero-order valence-corrected chi connectivity index (χ0v) is 11.1. The van der Waals surface area contributed by atoms with E-state index in [-0.39, 0.29) is 10.6 Å². The lowest BCUT2D eigenvalue weighted by Crippen LogP contribution is -2.13. The van der Waals surface area contributed by atoms with Gasteiger partial charge in [-0.15, -0.1) is 0 Å². The molecule has 6 heteroatoms. The van der Waals surface area contributed by atoms with Crippen LogP contribution in [0.25, 0.3) is 0 Å². The summed E-state index contributed by atoms with van der Waals surface area (Å²) >= 11 is 4.82. The lowest BCUT2D eigenvalue weighted by molar-refractivity contribution is 0.102. The van der Waals surface area contributed by atoms with Gasteiger partial charge in [-0.2, -0.15) is 0 Å².